The topological polar surface area (TPSA) is 75.9 Å². The summed E-state index contributed by atoms with van der Waals surface area (Å²) in [6, 6.07) is 19.8. The number of benzene rings is 2. The third-order valence-electron chi connectivity index (χ3n) is 6.44. The number of thioether (sulfide) groups is 1. The van der Waals surface area contributed by atoms with E-state index in [1.165, 1.54) is 19.3 Å². The van der Waals surface area contributed by atoms with Crippen molar-refractivity contribution in [1.82, 2.24) is 25.1 Å². The number of rotatable bonds is 8. The molecule has 1 saturated heterocycles. The van der Waals surface area contributed by atoms with Gasteiger partial charge in [-0.3, -0.25) is 4.79 Å². The molecule has 2 aromatic carbocycles. The first-order valence-corrected chi connectivity index (χ1v) is 13.4. The van der Waals surface area contributed by atoms with Crippen LogP contribution in [-0.2, 0) is 11.3 Å². The molecule has 0 spiro atoms. The second-order valence-corrected chi connectivity index (χ2v) is 9.51. The Bertz CT molecular complexity index is 1230. The van der Waals surface area contributed by atoms with Crippen molar-refractivity contribution < 1.29 is 4.79 Å². The van der Waals surface area contributed by atoms with Crippen molar-refractivity contribution in [2.24, 2.45) is 0 Å². The smallest absolute Gasteiger partial charge is 0.232 e. The number of fused-ring (bicyclic) bond motifs is 1. The summed E-state index contributed by atoms with van der Waals surface area (Å²) >= 11 is 1.54. The molecular formula is C27H30N6OS. The standard InChI is InChI=1S/C27H30N6OS/c1-35-27-30-24(32-16-9-4-10-17-32)22-19-29-33(25(22)31-27)18-15-28-26(34)23(20-11-5-2-6-12-20)21-13-7-3-8-14-21/h2-3,5-8,11-14,19,23H,4,9-10,15-18H2,1H3,(H,28,34). The molecule has 1 aliphatic heterocycles. The number of nitrogens with zero attached hydrogens (tertiary/aromatic N) is 5. The van der Waals surface area contributed by atoms with Crippen LogP contribution in [-0.4, -0.2) is 51.5 Å². The SMILES string of the molecule is CSc1nc(N2CCCCC2)c2cnn(CCNC(=O)C(c3ccccc3)c3ccccc3)c2n1. The van der Waals surface area contributed by atoms with Crippen LogP contribution in [0.15, 0.2) is 72.0 Å². The lowest BCUT2D eigenvalue weighted by Crippen LogP contribution is -2.32. The zero-order chi connectivity index (χ0) is 24.0. The predicted octanol–water partition coefficient (Wildman–Crippen LogP) is 4.49. The molecule has 4 aromatic rings. The highest BCUT2D eigenvalue weighted by atomic mass is 32.2. The molecule has 0 aliphatic carbocycles. The molecule has 2 aromatic heterocycles. The van der Waals surface area contributed by atoms with E-state index < -0.39 is 0 Å². The molecule has 1 N–H and O–H groups in total. The largest absolute Gasteiger partial charge is 0.356 e. The fourth-order valence-electron chi connectivity index (χ4n) is 4.70. The maximum atomic E-state index is 13.3. The molecule has 3 heterocycles. The van der Waals surface area contributed by atoms with Crippen LogP contribution in [0.1, 0.15) is 36.3 Å². The Balaban J connectivity index is 1.34. The molecule has 8 heteroatoms. The number of aromatic nitrogens is 4. The normalized spacial score (nSPS) is 13.9. The average Bonchev–Trinajstić information content (AvgIpc) is 3.33. The molecule has 180 valence electrons. The van der Waals surface area contributed by atoms with E-state index in [9.17, 15) is 4.79 Å². The maximum Gasteiger partial charge on any atom is 0.232 e. The third-order valence-corrected chi connectivity index (χ3v) is 6.99. The molecule has 1 aliphatic rings. The summed E-state index contributed by atoms with van der Waals surface area (Å²) < 4.78 is 1.88. The van der Waals surface area contributed by atoms with Crippen LogP contribution < -0.4 is 10.2 Å². The summed E-state index contributed by atoms with van der Waals surface area (Å²) in [7, 11) is 0. The highest BCUT2D eigenvalue weighted by molar-refractivity contribution is 7.98. The summed E-state index contributed by atoms with van der Waals surface area (Å²) in [5, 5.41) is 9.46. The highest BCUT2D eigenvalue weighted by Crippen LogP contribution is 2.29. The lowest BCUT2D eigenvalue weighted by atomic mass is 9.90. The summed E-state index contributed by atoms with van der Waals surface area (Å²) in [6.07, 6.45) is 7.50. The molecule has 0 bridgehead atoms. The van der Waals surface area contributed by atoms with Gasteiger partial charge >= 0.3 is 0 Å². The van der Waals surface area contributed by atoms with Gasteiger partial charge in [-0.15, -0.1) is 0 Å². The van der Waals surface area contributed by atoms with Crippen LogP contribution in [0.25, 0.3) is 11.0 Å². The van der Waals surface area contributed by atoms with Crippen LogP contribution in [0.4, 0.5) is 5.82 Å². The van der Waals surface area contributed by atoms with Crippen molar-refractivity contribution in [3.05, 3.63) is 78.0 Å². The van der Waals surface area contributed by atoms with E-state index in [0.29, 0.717) is 13.1 Å². The maximum absolute atomic E-state index is 13.3. The van der Waals surface area contributed by atoms with Crippen molar-refractivity contribution in [1.29, 1.82) is 0 Å². The number of carbonyl (C=O) groups excluding carboxylic acids is 1. The lowest BCUT2D eigenvalue weighted by Gasteiger charge is -2.28. The van der Waals surface area contributed by atoms with Crippen molar-refractivity contribution in [3.63, 3.8) is 0 Å². The predicted molar refractivity (Wildman–Crippen MR) is 141 cm³/mol. The summed E-state index contributed by atoms with van der Waals surface area (Å²) in [6.45, 7) is 3.03. The van der Waals surface area contributed by atoms with E-state index in [-0.39, 0.29) is 11.8 Å². The van der Waals surface area contributed by atoms with E-state index in [0.717, 1.165) is 46.2 Å². The minimum absolute atomic E-state index is 0.0210. The first-order valence-electron chi connectivity index (χ1n) is 12.1. The fraction of sp³-hybridized carbons (Fsp3) is 0.333. The van der Waals surface area contributed by atoms with Crippen LogP contribution in [0.3, 0.4) is 0 Å². The lowest BCUT2D eigenvalue weighted by molar-refractivity contribution is -0.121. The minimum Gasteiger partial charge on any atom is -0.356 e. The van der Waals surface area contributed by atoms with Gasteiger partial charge < -0.3 is 10.2 Å². The first kappa shape index (κ1) is 23.4. The van der Waals surface area contributed by atoms with Gasteiger partial charge in [0, 0.05) is 19.6 Å². The Labute approximate surface area is 210 Å². The minimum atomic E-state index is -0.358. The van der Waals surface area contributed by atoms with E-state index in [2.05, 4.69) is 15.3 Å². The Morgan fingerprint density at radius 3 is 2.26 bits per heavy atom. The van der Waals surface area contributed by atoms with E-state index in [4.69, 9.17) is 9.97 Å². The van der Waals surface area contributed by atoms with Gasteiger partial charge in [0.1, 0.15) is 5.82 Å². The van der Waals surface area contributed by atoms with Crippen molar-refractivity contribution in [2.75, 3.05) is 30.8 Å². The molecule has 35 heavy (non-hydrogen) atoms. The van der Waals surface area contributed by atoms with Gasteiger partial charge in [0.2, 0.25) is 5.91 Å². The van der Waals surface area contributed by atoms with Crippen molar-refractivity contribution >= 4 is 34.5 Å². The highest BCUT2D eigenvalue weighted by Gasteiger charge is 2.23. The second-order valence-electron chi connectivity index (χ2n) is 8.73. The molecule has 0 atom stereocenters. The van der Waals surface area contributed by atoms with Crippen molar-refractivity contribution in [3.8, 4) is 0 Å². The van der Waals surface area contributed by atoms with Gasteiger partial charge in [-0.2, -0.15) is 5.10 Å². The zero-order valence-corrected chi connectivity index (χ0v) is 20.7. The number of nitrogens with one attached hydrogen (secondary N) is 1. The number of piperidine rings is 1. The first-order chi connectivity index (χ1) is 17.2. The van der Waals surface area contributed by atoms with Crippen LogP contribution >= 0.6 is 11.8 Å². The number of amides is 1. The Kier molecular flexibility index (Phi) is 7.28. The van der Waals surface area contributed by atoms with E-state index >= 15 is 0 Å². The number of carbonyl (C=O) groups is 1. The van der Waals surface area contributed by atoms with Gasteiger partial charge in [0.05, 0.1) is 24.0 Å². The average molecular weight is 487 g/mol. The number of anilines is 1. The Hall–Kier alpha value is -3.39. The molecule has 1 fully saturated rings. The summed E-state index contributed by atoms with van der Waals surface area (Å²) in [5.74, 6) is 0.595. The quantitative estimate of drug-likeness (QED) is 0.292. The van der Waals surface area contributed by atoms with Gasteiger partial charge in [0.15, 0.2) is 10.8 Å². The van der Waals surface area contributed by atoms with Gasteiger partial charge in [-0.05, 0) is 36.6 Å². The molecule has 0 unspecified atom stereocenters. The fourth-order valence-corrected chi connectivity index (χ4v) is 5.05. The van der Waals surface area contributed by atoms with Gasteiger partial charge in [-0.1, -0.05) is 72.4 Å². The number of hydrogen-bond acceptors (Lipinski definition) is 6. The second kappa shape index (κ2) is 10.9. The molecule has 7 nitrogen and oxygen atoms in total. The van der Waals surface area contributed by atoms with Crippen LogP contribution in [0.5, 0.6) is 0 Å². The summed E-state index contributed by atoms with van der Waals surface area (Å²) in [5.41, 5.74) is 2.77. The Morgan fingerprint density at radius 1 is 0.971 bits per heavy atom. The van der Waals surface area contributed by atoms with E-state index in [1.807, 2.05) is 77.8 Å². The molecule has 0 radical (unpaired) electrons. The summed E-state index contributed by atoms with van der Waals surface area (Å²) in [4.78, 5) is 25.2. The monoisotopic (exact) mass is 486 g/mol. The van der Waals surface area contributed by atoms with Gasteiger partial charge in [0.25, 0.3) is 0 Å². The Morgan fingerprint density at radius 2 is 1.63 bits per heavy atom. The number of hydrogen-bond donors (Lipinski definition) is 1. The van der Waals surface area contributed by atoms with Gasteiger partial charge in [-0.25, -0.2) is 14.6 Å². The molecule has 5 rings (SSSR count). The van der Waals surface area contributed by atoms with Crippen LogP contribution in [0, 0.1) is 0 Å². The van der Waals surface area contributed by atoms with Crippen molar-refractivity contribution in [2.45, 2.75) is 36.9 Å². The van der Waals surface area contributed by atoms with E-state index in [1.54, 1.807) is 11.8 Å². The molecule has 0 saturated carbocycles. The van der Waals surface area contributed by atoms with Crippen LogP contribution in [0.2, 0.25) is 0 Å². The zero-order valence-electron chi connectivity index (χ0n) is 19.9. The third kappa shape index (κ3) is 5.17. The molecular weight excluding hydrogens is 456 g/mol. The molecule has 1 amide bonds.